The van der Waals surface area contributed by atoms with Crippen LogP contribution in [0.4, 0.5) is 30.6 Å². The van der Waals surface area contributed by atoms with E-state index in [9.17, 15) is 27.6 Å². The molecular weight excluding hydrogens is 1380 g/mol. The zero-order valence-corrected chi connectivity index (χ0v) is 62.5. The van der Waals surface area contributed by atoms with Crippen LogP contribution in [-0.4, -0.2) is 254 Å². The molecule has 6 aromatic carbocycles. The lowest BCUT2D eigenvalue weighted by molar-refractivity contribution is 0.0637. The average Bonchev–Trinajstić information content (AvgIpc) is 0.784. The van der Waals surface area contributed by atoms with Gasteiger partial charge in [0.05, 0.1) is 91.3 Å². The summed E-state index contributed by atoms with van der Waals surface area (Å²) in [5.41, 5.74) is 7.85. The number of carbonyl (C=O) groups is 3. The van der Waals surface area contributed by atoms with E-state index in [2.05, 4.69) is 50.2 Å². The van der Waals surface area contributed by atoms with Crippen LogP contribution >= 0.6 is 0 Å². The van der Waals surface area contributed by atoms with Crippen molar-refractivity contribution in [2.75, 3.05) is 192 Å². The molecule has 3 amide bonds. The number of hydrogen-bond donors (Lipinski definition) is 0. The molecule has 9 heterocycles. The molecule has 9 aromatic rings. The molecule has 27 heteroatoms. The van der Waals surface area contributed by atoms with Gasteiger partial charge in [-0.25, -0.2) is 28.1 Å². The highest BCUT2D eigenvalue weighted by atomic mass is 19.1. The molecule has 15 rings (SSSR count). The maximum Gasteiger partial charge on any atom is 0.254 e. The maximum atomic E-state index is 13.8. The Balaban J connectivity index is 0.000000143. The van der Waals surface area contributed by atoms with Crippen LogP contribution in [0, 0.1) is 17.5 Å². The number of piperazine rings is 3. The van der Waals surface area contributed by atoms with Crippen molar-refractivity contribution < 1.29 is 56.0 Å². The predicted molar refractivity (Wildman–Crippen MR) is 408 cm³/mol. The highest BCUT2D eigenvalue weighted by Gasteiger charge is 2.30. The van der Waals surface area contributed by atoms with Crippen molar-refractivity contribution in [3.05, 3.63) is 179 Å². The van der Waals surface area contributed by atoms with Gasteiger partial charge in [-0.15, -0.1) is 0 Å². The number of aromatic nitrogens is 6. The summed E-state index contributed by atoms with van der Waals surface area (Å²) >= 11 is 0. The van der Waals surface area contributed by atoms with Crippen LogP contribution < -0.4 is 28.9 Å². The Hall–Kier alpha value is -9.90. The second-order valence-electron chi connectivity index (χ2n) is 27.6. The van der Waals surface area contributed by atoms with Gasteiger partial charge in [-0.3, -0.25) is 29.3 Å². The summed E-state index contributed by atoms with van der Waals surface area (Å²) in [4.78, 5) is 88.4. The summed E-state index contributed by atoms with van der Waals surface area (Å²) in [5.74, 6) is 2.38. The van der Waals surface area contributed by atoms with E-state index in [-0.39, 0.29) is 35.2 Å². The molecule has 570 valence electrons. The van der Waals surface area contributed by atoms with Gasteiger partial charge in [-0.1, -0.05) is 39.0 Å². The van der Waals surface area contributed by atoms with Gasteiger partial charge in [0.1, 0.15) is 70.5 Å². The molecule has 0 aliphatic carbocycles. The highest BCUT2D eigenvalue weighted by molar-refractivity contribution is 6.00. The molecule has 6 fully saturated rings. The van der Waals surface area contributed by atoms with E-state index in [0.29, 0.717) is 146 Å². The van der Waals surface area contributed by atoms with Crippen LogP contribution in [0.1, 0.15) is 108 Å². The van der Waals surface area contributed by atoms with E-state index >= 15 is 0 Å². The smallest absolute Gasteiger partial charge is 0.254 e. The fourth-order valence-corrected chi connectivity index (χ4v) is 14.3. The number of fused-ring (bicyclic) bond motifs is 3. The molecule has 0 N–H and O–H groups in total. The first-order valence-corrected chi connectivity index (χ1v) is 37.8. The Kier molecular flexibility index (Phi) is 25.3. The van der Waals surface area contributed by atoms with Crippen molar-refractivity contribution in [3.8, 4) is 17.2 Å². The van der Waals surface area contributed by atoms with E-state index in [0.717, 1.165) is 132 Å². The fraction of sp³-hybridized carbons (Fsp3) is 0.444. The number of likely N-dealkylation sites (N-methyl/N-ethyl adjacent to an activating group) is 3. The van der Waals surface area contributed by atoms with E-state index in [1.807, 2.05) is 71.9 Å². The lowest BCUT2D eigenvalue weighted by atomic mass is 10.0. The van der Waals surface area contributed by atoms with Gasteiger partial charge in [-0.05, 0) is 113 Å². The van der Waals surface area contributed by atoms with Crippen LogP contribution in [0.25, 0.3) is 33.1 Å². The lowest BCUT2D eigenvalue weighted by Gasteiger charge is -2.34. The molecule has 0 spiro atoms. The number of morpholine rings is 3. The monoisotopic (exact) mass is 1480 g/mol. The summed E-state index contributed by atoms with van der Waals surface area (Å²) in [6, 6.07) is 29.2. The standard InChI is InChI=1S/3C27H32FN5O3/c3*1-3-31-7-9-33(10-8-31)27(34)20-15-23(19(2)36-22-6-4-5-21(28)17-22)26-24(16-20)29-18-25(30-26)32-11-13-35-14-12-32/h3*4-6,15-19H,3,7-14H2,1-2H3. The molecule has 0 radical (unpaired) electrons. The zero-order valence-electron chi connectivity index (χ0n) is 62.5. The molecule has 3 aromatic heterocycles. The molecule has 0 bridgehead atoms. The zero-order chi connectivity index (χ0) is 75.2. The van der Waals surface area contributed by atoms with E-state index < -0.39 is 18.3 Å². The number of benzene rings is 6. The third-order valence-corrected chi connectivity index (χ3v) is 20.7. The quantitative estimate of drug-likeness (QED) is 0.0781. The molecule has 0 saturated carbocycles. The van der Waals surface area contributed by atoms with Crippen molar-refractivity contribution >= 4 is 68.3 Å². The number of nitrogens with zero attached hydrogens (tertiary/aromatic N) is 15. The Labute approximate surface area is 628 Å². The average molecular weight is 1480 g/mol. The first-order valence-electron chi connectivity index (χ1n) is 37.8. The van der Waals surface area contributed by atoms with Crippen molar-refractivity contribution in [2.24, 2.45) is 0 Å². The predicted octanol–water partition coefficient (Wildman–Crippen LogP) is 10.6. The second-order valence-corrected chi connectivity index (χ2v) is 27.6. The van der Waals surface area contributed by atoms with Crippen LogP contribution in [0.15, 0.2) is 128 Å². The largest absolute Gasteiger partial charge is 0.486 e. The van der Waals surface area contributed by atoms with Gasteiger partial charge in [0.15, 0.2) is 0 Å². The van der Waals surface area contributed by atoms with Crippen molar-refractivity contribution in [2.45, 2.75) is 59.9 Å². The summed E-state index contributed by atoms with van der Waals surface area (Å²) < 4.78 is 76.1. The van der Waals surface area contributed by atoms with Gasteiger partial charge in [0.25, 0.3) is 17.7 Å². The van der Waals surface area contributed by atoms with Gasteiger partial charge in [0.2, 0.25) is 0 Å². The summed E-state index contributed by atoms with van der Waals surface area (Å²) in [6.45, 7) is 32.7. The lowest BCUT2D eigenvalue weighted by Crippen LogP contribution is -2.48. The number of carbonyl (C=O) groups excluding carboxylic acids is 3. The Morgan fingerprint density at radius 3 is 0.870 bits per heavy atom. The van der Waals surface area contributed by atoms with Crippen LogP contribution in [0.2, 0.25) is 0 Å². The number of hydrogen-bond acceptors (Lipinski definition) is 21. The van der Waals surface area contributed by atoms with E-state index in [1.54, 1.807) is 55.0 Å². The Morgan fingerprint density at radius 2 is 0.630 bits per heavy atom. The summed E-state index contributed by atoms with van der Waals surface area (Å²) in [5, 5.41) is 0. The van der Waals surface area contributed by atoms with Gasteiger partial charge < -0.3 is 72.5 Å². The first-order chi connectivity index (χ1) is 52.5. The second kappa shape index (κ2) is 35.9. The van der Waals surface area contributed by atoms with Crippen molar-refractivity contribution in [3.63, 3.8) is 0 Å². The van der Waals surface area contributed by atoms with Gasteiger partial charge in [0, 0.05) is 169 Å². The fourth-order valence-electron chi connectivity index (χ4n) is 14.3. The Morgan fingerprint density at radius 1 is 0.370 bits per heavy atom. The number of rotatable bonds is 18. The number of ether oxygens (including phenoxy) is 6. The van der Waals surface area contributed by atoms with Crippen molar-refractivity contribution in [1.29, 1.82) is 0 Å². The minimum atomic E-state index is -0.478. The Bertz CT molecular complexity index is 4130. The van der Waals surface area contributed by atoms with Crippen molar-refractivity contribution in [1.82, 2.24) is 59.3 Å². The number of halogens is 3. The molecule has 3 unspecified atom stereocenters. The molecule has 6 saturated heterocycles. The topological polar surface area (TPSA) is 213 Å². The van der Waals surface area contributed by atoms with Crippen LogP contribution in [-0.2, 0) is 14.2 Å². The minimum absolute atomic E-state index is 0.0223. The highest BCUT2D eigenvalue weighted by Crippen LogP contribution is 2.35. The van der Waals surface area contributed by atoms with Crippen LogP contribution in [0.3, 0.4) is 0 Å². The van der Waals surface area contributed by atoms with Crippen LogP contribution in [0.5, 0.6) is 17.2 Å². The third kappa shape index (κ3) is 18.8. The number of amides is 3. The number of anilines is 3. The van der Waals surface area contributed by atoms with E-state index in [1.165, 1.54) is 36.4 Å². The summed E-state index contributed by atoms with van der Waals surface area (Å²) in [7, 11) is 0. The molecule has 6 aliphatic heterocycles. The molecule has 3 atom stereocenters. The normalized spacial score (nSPS) is 17.9. The summed E-state index contributed by atoms with van der Waals surface area (Å²) in [6.07, 6.45) is 3.83. The third-order valence-electron chi connectivity index (χ3n) is 20.7. The molecule has 108 heavy (non-hydrogen) atoms. The first kappa shape index (κ1) is 76.3. The SMILES string of the molecule is CCN1CCN(C(=O)c2cc(C(C)Oc3cccc(F)c3)c3nc(N4CCOCC4)cnc3c2)CC1.CCN1CCN(C(=O)c2cc(C(C)Oc3cccc(F)c3)c3nc(N4CCOCC4)cnc3c2)CC1.CCN1CCN(C(=O)c2cc(C(C)Oc3cccc(F)c3)c3nc(N4CCOCC4)cnc3c2)CC1. The molecule has 24 nitrogen and oxygen atoms in total. The van der Waals surface area contributed by atoms with Gasteiger partial charge >= 0.3 is 0 Å². The minimum Gasteiger partial charge on any atom is -0.486 e. The van der Waals surface area contributed by atoms with E-state index in [4.69, 9.17) is 58.3 Å². The molecular formula is C81H96F3N15O9. The maximum absolute atomic E-state index is 13.8. The van der Waals surface area contributed by atoms with Gasteiger partial charge in [-0.2, -0.15) is 0 Å². The molecule has 6 aliphatic rings.